The Balaban J connectivity index is 2.06. The summed E-state index contributed by atoms with van der Waals surface area (Å²) < 4.78 is 5.04. The van der Waals surface area contributed by atoms with Gasteiger partial charge in [-0.1, -0.05) is 18.2 Å². The highest BCUT2D eigenvalue weighted by Gasteiger charge is 2.10. The molecule has 0 atom stereocenters. The van der Waals surface area contributed by atoms with Gasteiger partial charge in [0.25, 0.3) is 11.6 Å². The van der Waals surface area contributed by atoms with E-state index in [2.05, 4.69) is 10.5 Å². The van der Waals surface area contributed by atoms with Gasteiger partial charge >= 0.3 is 0 Å². The quantitative estimate of drug-likeness (QED) is 0.442. The molecule has 1 N–H and O–H groups in total. The van der Waals surface area contributed by atoms with E-state index < -0.39 is 23.4 Å². The number of amides is 1. The number of nitrogens with zero attached hydrogens (tertiary/aromatic N) is 2. The summed E-state index contributed by atoms with van der Waals surface area (Å²) in [5, 5.41) is 24.9. The minimum atomic E-state index is -1.37. The van der Waals surface area contributed by atoms with Crippen LogP contribution < -0.4 is 15.3 Å². The molecule has 0 spiro atoms. The SMILES string of the molecule is O=C([O-])COc1ccccc1/C=N\NC(=O)c1cccc([N+](=O)[O-])c1. The van der Waals surface area contributed by atoms with Gasteiger partial charge in [0.15, 0.2) is 0 Å². The zero-order valence-electron chi connectivity index (χ0n) is 12.7. The second-order valence-electron chi connectivity index (χ2n) is 4.71. The topological polar surface area (TPSA) is 134 Å². The molecular weight excluding hydrogens is 330 g/mol. The number of carbonyl (C=O) groups is 2. The van der Waals surface area contributed by atoms with Crippen molar-refractivity contribution in [2.45, 2.75) is 0 Å². The number of nitro benzene ring substituents is 1. The predicted octanol–water partition coefficient (Wildman–Crippen LogP) is 0.487. The number of nitrogens with one attached hydrogen (secondary N) is 1. The maximum atomic E-state index is 11.9. The third-order valence-corrected chi connectivity index (χ3v) is 2.95. The van der Waals surface area contributed by atoms with Crippen LogP contribution in [0.3, 0.4) is 0 Å². The number of carboxylic acid groups (broad SMARTS) is 1. The smallest absolute Gasteiger partial charge is 0.271 e. The molecule has 0 saturated carbocycles. The molecule has 2 aromatic rings. The van der Waals surface area contributed by atoms with Crippen LogP contribution in [0.1, 0.15) is 15.9 Å². The Kier molecular flexibility index (Phi) is 5.77. The molecule has 2 aromatic carbocycles. The molecule has 1 amide bonds. The highest BCUT2D eigenvalue weighted by Crippen LogP contribution is 2.16. The van der Waals surface area contributed by atoms with Crippen molar-refractivity contribution < 1.29 is 24.4 Å². The summed E-state index contributed by atoms with van der Waals surface area (Å²) >= 11 is 0. The molecule has 0 aliphatic carbocycles. The van der Waals surface area contributed by atoms with Crippen LogP contribution >= 0.6 is 0 Å². The van der Waals surface area contributed by atoms with Gasteiger partial charge < -0.3 is 14.6 Å². The molecular formula is C16H12N3O6-. The van der Waals surface area contributed by atoms with Gasteiger partial charge in [0.05, 0.1) is 17.1 Å². The van der Waals surface area contributed by atoms with Crippen LogP contribution in [-0.2, 0) is 4.79 Å². The van der Waals surface area contributed by atoms with Gasteiger partial charge in [-0.3, -0.25) is 14.9 Å². The molecule has 128 valence electrons. The average molecular weight is 342 g/mol. The molecule has 0 aliphatic rings. The summed E-state index contributed by atoms with van der Waals surface area (Å²) in [4.78, 5) is 32.5. The number of ether oxygens (including phenoxy) is 1. The Hall–Kier alpha value is -3.75. The fourth-order valence-corrected chi connectivity index (χ4v) is 1.84. The first-order valence-corrected chi connectivity index (χ1v) is 6.97. The number of aliphatic carboxylic acids is 1. The number of rotatable bonds is 7. The van der Waals surface area contributed by atoms with Crippen LogP contribution in [-0.4, -0.2) is 29.6 Å². The minimum Gasteiger partial charge on any atom is -0.546 e. The third kappa shape index (κ3) is 5.13. The molecule has 0 aromatic heterocycles. The summed E-state index contributed by atoms with van der Waals surface area (Å²) in [5.41, 5.74) is 2.53. The number of hydrogen-bond donors (Lipinski definition) is 1. The Morgan fingerprint density at radius 1 is 1.20 bits per heavy atom. The van der Waals surface area contributed by atoms with Crippen LogP contribution in [0.2, 0.25) is 0 Å². The Morgan fingerprint density at radius 2 is 1.96 bits per heavy atom. The first-order valence-electron chi connectivity index (χ1n) is 6.97. The molecule has 2 rings (SSSR count). The highest BCUT2D eigenvalue weighted by molar-refractivity contribution is 5.95. The third-order valence-electron chi connectivity index (χ3n) is 2.95. The number of carbonyl (C=O) groups excluding carboxylic acids is 2. The van der Waals surface area contributed by atoms with Crippen LogP contribution in [0.4, 0.5) is 5.69 Å². The van der Waals surface area contributed by atoms with E-state index in [-0.39, 0.29) is 17.0 Å². The van der Waals surface area contributed by atoms with Gasteiger partial charge in [0, 0.05) is 23.3 Å². The van der Waals surface area contributed by atoms with E-state index in [1.807, 2.05) is 0 Å². The molecule has 0 heterocycles. The van der Waals surface area contributed by atoms with Crippen molar-refractivity contribution in [2.24, 2.45) is 5.10 Å². The first kappa shape index (κ1) is 17.6. The largest absolute Gasteiger partial charge is 0.546 e. The molecule has 0 aliphatic heterocycles. The lowest BCUT2D eigenvalue weighted by Crippen LogP contribution is -2.29. The summed E-state index contributed by atoms with van der Waals surface area (Å²) in [6, 6.07) is 11.7. The average Bonchev–Trinajstić information content (AvgIpc) is 2.60. The van der Waals surface area contributed by atoms with Gasteiger partial charge in [-0.25, -0.2) is 5.43 Å². The lowest BCUT2D eigenvalue weighted by molar-refractivity contribution is -0.384. The van der Waals surface area contributed by atoms with E-state index in [0.29, 0.717) is 5.56 Å². The standard InChI is InChI=1S/C16H13N3O6/c20-15(21)10-25-14-7-2-1-4-12(14)9-17-18-16(22)11-5-3-6-13(8-11)19(23)24/h1-9H,10H2,(H,18,22)(H,20,21)/p-1/b17-9-. The van der Waals surface area contributed by atoms with Crippen molar-refractivity contribution in [2.75, 3.05) is 6.61 Å². The van der Waals surface area contributed by atoms with Crippen molar-refractivity contribution in [3.8, 4) is 5.75 Å². The van der Waals surface area contributed by atoms with E-state index in [4.69, 9.17) is 4.74 Å². The van der Waals surface area contributed by atoms with Crippen LogP contribution in [0.25, 0.3) is 0 Å². The van der Waals surface area contributed by atoms with Gasteiger partial charge in [0.1, 0.15) is 12.4 Å². The van der Waals surface area contributed by atoms with Crippen LogP contribution in [0, 0.1) is 10.1 Å². The van der Waals surface area contributed by atoms with Crippen LogP contribution in [0.5, 0.6) is 5.75 Å². The maximum absolute atomic E-state index is 11.9. The number of hydrazone groups is 1. The van der Waals surface area contributed by atoms with E-state index in [1.54, 1.807) is 18.2 Å². The van der Waals surface area contributed by atoms with E-state index >= 15 is 0 Å². The zero-order chi connectivity index (χ0) is 18.2. The van der Waals surface area contributed by atoms with E-state index in [1.165, 1.54) is 30.5 Å². The fraction of sp³-hybridized carbons (Fsp3) is 0.0625. The minimum absolute atomic E-state index is 0.0767. The van der Waals surface area contributed by atoms with Crippen molar-refractivity contribution in [3.63, 3.8) is 0 Å². The Bertz CT molecular complexity index is 834. The summed E-state index contributed by atoms with van der Waals surface area (Å²) in [6.07, 6.45) is 1.26. The molecule has 9 nitrogen and oxygen atoms in total. The van der Waals surface area contributed by atoms with E-state index in [9.17, 15) is 24.8 Å². The number of nitro groups is 1. The number of non-ortho nitro benzene ring substituents is 1. The first-order chi connectivity index (χ1) is 12.0. The Labute approximate surface area is 141 Å². The van der Waals surface area contributed by atoms with Crippen molar-refractivity contribution >= 4 is 23.8 Å². The second kappa shape index (κ2) is 8.20. The number of para-hydroxylation sites is 1. The molecule has 0 fully saturated rings. The normalized spacial score (nSPS) is 10.4. The summed E-state index contributed by atoms with van der Waals surface area (Å²) in [7, 11) is 0. The molecule has 9 heteroatoms. The van der Waals surface area contributed by atoms with Crippen molar-refractivity contribution in [1.82, 2.24) is 5.43 Å². The molecule has 25 heavy (non-hydrogen) atoms. The lowest BCUT2D eigenvalue weighted by Gasteiger charge is -2.09. The second-order valence-corrected chi connectivity index (χ2v) is 4.71. The van der Waals surface area contributed by atoms with Gasteiger partial charge in [-0.2, -0.15) is 5.10 Å². The van der Waals surface area contributed by atoms with Crippen LogP contribution in [0.15, 0.2) is 53.6 Å². The molecule has 0 bridgehead atoms. The molecule has 0 unspecified atom stereocenters. The zero-order valence-corrected chi connectivity index (χ0v) is 12.7. The predicted molar refractivity (Wildman–Crippen MR) is 85.1 cm³/mol. The Morgan fingerprint density at radius 3 is 2.68 bits per heavy atom. The van der Waals surface area contributed by atoms with Gasteiger partial charge in [-0.15, -0.1) is 0 Å². The highest BCUT2D eigenvalue weighted by atomic mass is 16.6. The fourth-order valence-electron chi connectivity index (χ4n) is 1.84. The molecule has 0 saturated heterocycles. The van der Waals surface area contributed by atoms with E-state index in [0.717, 1.165) is 6.07 Å². The number of hydrogen-bond acceptors (Lipinski definition) is 7. The summed E-state index contributed by atoms with van der Waals surface area (Å²) in [5.74, 6) is -1.75. The lowest BCUT2D eigenvalue weighted by atomic mass is 10.2. The van der Waals surface area contributed by atoms with Gasteiger partial charge in [0.2, 0.25) is 0 Å². The number of benzene rings is 2. The van der Waals surface area contributed by atoms with Crippen molar-refractivity contribution in [1.29, 1.82) is 0 Å². The van der Waals surface area contributed by atoms with Gasteiger partial charge in [-0.05, 0) is 18.2 Å². The summed E-state index contributed by atoms with van der Waals surface area (Å²) in [6.45, 7) is -0.620. The van der Waals surface area contributed by atoms with Crippen molar-refractivity contribution in [3.05, 3.63) is 69.8 Å². The molecule has 0 radical (unpaired) electrons. The number of carboxylic acids is 1. The maximum Gasteiger partial charge on any atom is 0.271 e. The monoisotopic (exact) mass is 342 g/mol.